The molecule has 74 heavy (non-hydrogen) atoms. The van der Waals surface area contributed by atoms with Crippen LogP contribution in [0.25, 0.3) is 0 Å². The van der Waals surface area contributed by atoms with Crippen LogP contribution in [-0.2, 0) is 38.3 Å². The molecule has 0 aromatic carbocycles. The summed E-state index contributed by atoms with van der Waals surface area (Å²) in [4.78, 5) is 13.0. The Hall–Kier alpha value is -0.900. The first kappa shape index (κ1) is 71.1. The van der Waals surface area contributed by atoms with E-state index in [1.54, 1.807) is 0 Å². The van der Waals surface area contributed by atoms with Gasteiger partial charge in [0.1, 0.15) is 30.5 Å². The third-order valence-corrected chi connectivity index (χ3v) is 15.7. The molecule has 1 fully saturated rings. The standard InChI is InChI=1S/C61H120O12S/c1-3-5-7-9-11-13-15-17-19-21-23-25-27-28-29-31-33-35-37-39-41-43-45-47-49-51-69-53-55(54-70-61-59(65)60(73-74(66,67)68)58(64)56(52-62)72-61)71-57(63)50-48-46-44-42-40-38-36-34-32-30-26-24-22-20-18-16-14-12-10-8-6-4-2/h55-56,58-62,64-65H,3-54H2,1-2H3,(H,66,67,68). The van der Waals surface area contributed by atoms with Crippen molar-refractivity contribution >= 4 is 16.4 Å². The average Bonchev–Trinajstić information content (AvgIpc) is 3.38. The maximum Gasteiger partial charge on any atom is 0.397 e. The van der Waals surface area contributed by atoms with E-state index in [1.165, 1.54) is 257 Å². The van der Waals surface area contributed by atoms with Crippen LogP contribution < -0.4 is 0 Å². The van der Waals surface area contributed by atoms with E-state index in [4.69, 9.17) is 18.9 Å². The maximum atomic E-state index is 13.0. The molecule has 0 amide bonds. The molecule has 1 aliphatic rings. The highest BCUT2D eigenvalue weighted by molar-refractivity contribution is 7.80. The molecule has 0 aliphatic carbocycles. The third kappa shape index (κ3) is 45.0. The fourth-order valence-corrected chi connectivity index (χ4v) is 11.0. The first-order chi connectivity index (χ1) is 36.1. The molecular formula is C61H120O12S. The number of hydrogen-bond acceptors (Lipinski definition) is 11. The number of unbranched alkanes of at least 4 members (excludes halogenated alkanes) is 45. The topological polar surface area (TPSA) is 178 Å². The molecule has 1 aliphatic heterocycles. The van der Waals surface area contributed by atoms with Gasteiger partial charge in [-0.1, -0.05) is 303 Å². The monoisotopic (exact) mass is 1080 g/mol. The summed E-state index contributed by atoms with van der Waals surface area (Å²) in [7, 11) is -5.06. The molecule has 1 saturated heterocycles. The molecule has 1 rings (SSSR count). The minimum atomic E-state index is -5.06. The summed E-state index contributed by atoms with van der Waals surface area (Å²) in [6.45, 7) is 4.09. The number of ether oxygens (including phenoxy) is 4. The van der Waals surface area contributed by atoms with Crippen molar-refractivity contribution in [3.8, 4) is 0 Å². The van der Waals surface area contributed by atoms with Crippen LogP contribution in [0.4, 0.5) is 0 Å². The largest absolute Gasteiger partial charge is 0.457 e. The molecule has 0 aromatic rings. The Morgan fingerprint density at radius 2 is 0.770 bits per heavy atom. The summed E-state index contributed by atoms with van der Waals surface area (Å²) in [5.74, 6) is -0.387. The van der Waals surface area contributed by atoms with E-state index in [0.717, 1.165) is 38.5 Å². The highest BCUT2D eigenvalue weighted by Gasteiger charge is 2.48. The first-order valence-electron chi connectivity index (χ1n) is 31.8. The highest BCUT2D eigenvalue weighted by Crippen LogP contribution is 2.26. The maximum absolute atomic E-state index is 13.0. The second-order valence-corrected chi connectivity index (χ2v) is 23.4. The van der Waals surface area contributed by atoms with Crippen molar-refractivity contribution in [1.82, 2.24) is 0 Å². The highest BCUT2D eigenvalue weighted by atomic mass is 32.3. The van der Waals surface area contributed by atoms with Crippen LogP contribution in [0.1, 0.15) is 322 Å². The van der Waals surface area contributed by atoms with Crippen molar-refractivity contribution in [2.24, 2.45) is 0 Å². The Morgan fingerprint density at radius 1 is 0.459 bits per heavy atom. The van der Waals surface area contributed by atoms with Gasteiger partial charge in [-0.3, -0.25) is 9.35 Å². The van der Waals surface area contributed by atoms with Crippen LogP contribution in [0.2, 0.25) is 0 Å². The Bertz CT molecular complexity index is 1290. The number of hydrogen-bond donors (Lipinski definition) is 4. The van der Waals surface area contributed by atoms with Crippen molar-refractivity contribution in [2.75, 3.05) is 26.4 Å². The van der Waals surface area contributed by atoms with Gasteiger partial charge in [-0.25, -0.2) is 4.18 Å². The SMILES string of the molecule is CCCCCCCCCCCCCCCCCCCCCCCCCCCOCC(COC1OC(CO)C(O)C(OS(=O)(=O)O)C1O)OC(=O)CCCCCCCCCCCCCCCCCCCCCCCC. The average molecular weight is 1080 g/mol. The lowest BCUT2D eigenvalue weighted by molar-refractivity contribution is -0.301. The molecule has 0 spiro atoms. The summed E-state index contributed by atoms with van der Waals surface area (Å²) in [5.41, 5.74) is 0. The number of esters is 1. The second-order valence-electron chi connectivity index (χ2n) is 22.4. The molecule has 0 radical (unpaired) electrons. The zero-order chi connectivity index (χ0) is 53.8. The van der Waals surface area contributed by atoms with Gasteiger partial charge in [0.15, 0.2) is 6.29 Å². The second kappa shape index (κ2) is 52.8. The molecule has 0 bridgehead atoms. The van der Waals surface area contributed by atoms with Gasteiger partial charge in [-0.2, -0.15) is 8.42 Å². The summed E-state index contributed by atoms with van der Waals surface area (Å²) < 4.78 is 59.6. The zero-order valence-corrected chi connectivity index (χ0v) is 49.0. The van der Waals surface area contributed by atoms with E-state index in [1.807, 2.05) is 0 Å². The number of aliphatic hydroxyl groups excluding tert-OH is 3. The predicted molar refractivity (Wildman–Crippen MR) is 304 cm³/mol. The molecule has 0 saturated carbocycles. The molecule has 1 heterocycles. The molecule has 12 nitrogen and oxygen atoms in total. The van der Waals surface area contributed by atoms with Crippen molar-refractivity contribution in [3.05, 3.63) is 0 Å². The molecule has 0 aromatic heterocycles. The smallest absolute Gasteiger partial charge is 0.397 e. The lowest BCUT2D eigenvalue weighted by Crippen LogP contribution is -2.60. The lowest BCUT2D eigenvalue weighted by Gasteiger charge is -2.41. The van der Waals surface area contributed by atoms with Gasteiger partial charge in [0.25, 0.3) is 0 Å². The van der Waals surface area contributed by atoms with Gasteiger partial charge in [-0.15, -0.1) is 0 Å². The van der Waals surface area contributed by atoms with E-state index in [0.29, 0.717) is 13.0 Å². The van der Waals surface area contributed by atoms with Gasteiger partial charge in [0, 0.05) is 13.0 Å². The van der Waals surface area contributed by atoms with E-state index >= 15 is 0 Å². The molecule has 442 valence electrons. The fourth-order valence-electron chi connectivity index (χ4n) is 10.4. The van der Waals surface area contributed by atoms with Gasteiger partial charge in [-0.05, 0) is 12.8 Å². The van der Waals surface area contributed by atoms with Gasteiger partial charge in [0.05, 0.1) is 19.8 Å². The van der Waals surface area contributed by atoms with Crippen molar-refractivity contribution in [1.29, 1.82) is 0 Å². The van der Waals surface area contributed by atoms with E-state index in [2.05, 4.69) is 18.0 Å². The van der Waals surface area contributed by atoms with Crippen LogP contribution in [-0.4, -0.2) is 97.5 Å². The predicted octanol–water partition coefficient (Wildman–Crippen LogP) is 16.3. The summed E-state index contributed by atoms with van der Waals surface area (Å²) in [6, 6.07) is 0. The summed E-state index contributed by atoms with van der Waals surface area (Å²) in [6.07, 6.45) is 53.0. The van der Waals surface area contributed by atoms with Crippen LogP contribution >= 0.6 is 0 Å². The van der Waals surface area contributed by atoms with Crippen molar-refractivity contribution in [3.63, 3.8) is 0 Å². The van der Waals surface area contributed by atoms with E-state index in [9.17, 15) is 33.1 Å². The van der Waals surface area contributed by atoms with Crippen LogP contribution in [0, 0.1) is 0 Å². The van der Waals surface area contributed by atoms with Gasteiger partial charge in [0.2, 0.25) is 0 Å². The lowest BCUT2D eigenvalue weighted by atomic mass is 9.99. The molecule has 4 N–H and O–H groups in total. The van der Waals surface area contributed by atoms with Crippen molar-refractivity contribution < 1.29 is 56.2 Å². The van der Waals surface area contributed by atoms with Crippen LogP contribution in [0.5, 0.6) is 0 Å². The quantitative estimate of drug-likeness (QED) is 0.0258. The van der Waals surface area contributed by atoms with Crippen molar-refractivity contribution in [2.45, 2.75) is 359 Å². The number of aliphatic hydroxyl groups is 3. The Kier molecular flexibility index (Phi) is 50.7. The Balaban J connectivity index is 2.22. The van der Waals surface area contributed by atoms with Gasteiger partial charge < -0.3 is 34.3 Å². The van der Waals surface area contributed by atoms with Crippen LogP contribution in [0.3, 0.4) is 0 Å². The summed E-state index contributed by atoms with van der Waals surface area (Å²) >= 11 is 0. The number of carbonyl (C=O) groups excluding carboxylic acids is 1. The third-order valence-electron chi connectivity index (χ3n) is 15.2. The Morgan fingerprint density at radius 3 is 1.08 bits per heavy atom. The molecular weight excluding hydrogens is 957 g/mol. The van der Waals surface area contributed by atoms with E-state index < -0.39 is 53.8 Å². The van der Waals surface area contributed by atoms with E-state index in [-0.39, 0.29) is 25.6 Å². The fraction of sp³-hybridized carbons (Fsp3) is 0.984. The first-order valence-corrected chi connectivity index (χ1v) is 33.2. The van der Waals surface area contributed by atoms with Crippen LogP contribution in [0.15, 0.2) is 0 Å². The number of rotatable bonds is 58. The normalized spacial score (nSPS) is 18.6. The van der Waals surface area contributed by atoms with Gasteiger partial charge >= 0.3 is 16.4 Å². The molecule has 6 unspecified atom stereocenters. The number of carbonyl (C=O) groups is 1. The molecule has 6 atom stereocenters. The summed E-state index contributed by atoms with van der Waals surface area (Å²) in [5, 5.41) is 30.9. The Labute approximate surface area is 456 Å². The minimum Gasteiger partial charge on any atom is -0.457 e. The molecule has 13 heteroatoms. The zero-order valence-electron chi connectivity index (χ0n) is 48.2. The minimum absolute atomic E-state index is 0.0459.